The molecular weight excluding hydrogens is 313 g/mol. The summed E-state index contributed by atoms with van der Waals surface area (Å²) in [5, 5.41) is 13.0. The molecule has 126 valence electrons. The van der Waals surface area contributed by atoms with Gasteiger partial charge in [0.05, 0.1) is 17.4 Å². The summed E-state index contributed by atoms with van der Waals surface area (Å²) in [5.41, 5.74) is 2.01. The Balaban J connectivity index is 2.35. The monoisotopic (exact) mass is 330 g/mol. The minimum Gasteiger partial charge on any atom is -0.490 e. The van der Waals surface area contributed by atoms with E-state index in [1.165, 1.54) is 19.1 Å². The van der Waals surface area contributed by atoms with Gasteiger partial charge in [-0.25, -0.2) is 5.43 Å². The lowest BCUT2D eigenvalue weighted by Crippen LogP contribution is -2.33. The van der Waals surface area contributed by atoms with Gasteiger partial charge in [-0.3, -0.25) is 4.79 Å². The fourth-order valence-electron chi connectivity index (χ4n) is 2.11. The molecule has 1 aliphatic rings. The van der Waals surface area contributed by atoms with Crippen LogP contribution in [-0.2, 0) is 11.0 Å². The highest BCUT2D eigenvalue weighted by molar-refractivity contribution is 6.05. The van der Waals surface area contributed by atoms with Crippen molar-refractivity contribution in [2.24, 2.45) is 11.0 Å². The van der Waals surface area contributed by atoms with Crippen molar-refractivity contribution in [2.45, 2.75) is 32.5 Å². The Kier molecular flexibility index (Phi) is 4.93. The highest BCUT2D eigenvalue weighted by Gasteiger charge is 2.35. The average molecular weight is 330 g/mol. The summed E-state index contributed by atoms with van der Waals surface area (Å²) in [6, 6.07) is 3.60. The van der Waals surface area contributed by atoms with Gasteiger partial charge < -0.3 is 9.84 Å². The fraction of sp³-hybridized carbons (Fsp3) is 0.467. The van der Waals surface area contributed by atoms with Gasteiger partial charge in [-0.2, -0.15) is 18.3 Å². The maximum atomic E-state index is 13.2. The third-order valence-corrected chi connectivity index (χ3v) is 3.35. The predicted octanol–water partition coefficient (Wildman–Crippen LogP) is 2.33. The van der Waals surface area contributed by atoms with Gasteiger partial charge in [0.15, 0.2) is 0 Å². The second-order valence-corrected chi connectivity index (χ2v) is 5.51. The number of alkyl halides is 3. The van der Waals surface area contributed by atoms with Crippen molar-refractivity contribution in [3.8, 4) is 5.75 Å². The number of aliphatic hydroxyl groups is 1. The summed E-state index contributed by atoms with van der Waals surface area (Å²) in [4.78, 5) is 11.4. The van der Waals surface area contributed by atoms with Crippen molar-refractivity contribution in [2.75, 3.05) is 6.61 Å². The van der Waals surface area contributed by atoms with Gasteiger partial charge in [0.2, 0.25) is 5.91 Å². The Morgan fingerprint density at radius 1 is 1.48 bits per heavy atom. The molecule has 1 aromatic rings. The number of hydrogen-bond acceptors (Lipinski definition) is 4. The van der Waals surface area contributed by atoms with Gasteiger partial charge >= 0.3 is 6.18 Å². The Bertz CT molecular complexity index is 627. The number of hydrogen-bond donors (Lipinski definition) is 2. The van der Waals surface area contributed by atoms with E-state index in [2.05, 4.69) is 10.5 Å². The number of carbonyl (C=O) groups is 1. The van der Waals surface area contributed by atoms with Crippen molar-refractivity contribution in [1.82, 2.24) is 5.43 Å². The third-order valence-electron chi connectivity index (χ3n) is 3.35. The number of amides is 1. The first-order valence-electron chi connectivity index (χ1n) is 7.07. The molecule has 8 heteroatoms. The SMILES string of the molecule is CC(O)COc1ccc(C2=NNC(=O)[C@@H](C)C2)cc1C(F)(F)F. The molecule has 1 heterocycles. The summed E-state index contributed by atoms with van der Waals surface area (Å²) < 4.78 is 44.6. The van der Waals surface area contributed by atoms with Gasteiger partial charge in [0.1, 0.15) is 12.4 Å². The molecule has 0 saturated heterocycles. The molecule has 1 aromatic carbocycles. The molecule has 0 saturated carbocycles. The lowest BCUT2D eigenvalue weighted by Gasteiger charge is -2.20. The van der Waals surface area contributed by atoms with Crippen LogP contribution >= 0.6 is 0 Å². The Morgan fingerprint density at radius 3 is 2.74 bits per heavy atom. The van der Waals surface area contributed by atoms with E-state index in [0.717, 1.165) is 6.07 Å². The van der Waals surface area contributed by atoms with Crippen molar-refractivity contribution >= 4 is 11.6 Å². The van der Waals surface area contributed by atoms with Crippen molar-refractivity contribution in [3.63, 3.8) is 0 Å². The molecule has 1 aliphatic heterocycles. The molecule has 23 heavy (non-hydrogen) atoms. The Labute approximate surface area is 131 Å². The van der Waals surface area contributed by atoms with Crippen molar-refractivity contribution in [1.29, 1.82) is 0 Å². The number of halogens is 3. The first-order chi connectivity index (χ1) is 10.7. The van der Waals surface area contributed by atoms with E-state index in [1.54, 1.807) is 6.92 Å². The number of rotatable bonds is 4. The molecule has 1 amide bonds. The van der Waals surface area contributed by atoms with E-state index in [1.807, 2.05) is 0 Å². The van der Waals surface area contributed by atoms with E-state index >= 15 is 0 Å². The molecule has 0 bridgehead atoms. The van der Waals surface area contributed by atoms with Gasteiger partial charge in [-0.15, -0.1) is 0 Å². The summed E-state index contributed by atoms with van der Waals surface area (Å²) >= 11 is 0. The number of nitrogens with zero attached hydrogens (tertiary/aromatic N) is 1. The Morgan fingerprint density at radius 2 is 2.17 bits per heavy atom. The highest BCUT2D eigenvalue weighted by Crippen LogP contribution is 2.37. The van der Waals surface area contributed by atoms with Crippen LogP contribution in [0.25, 0.3) is 0 Å². The van der Waals surface area contributed by atoms with Crippen molar-refractivity contribution in [3.05, 3.63) is 29.3 Å². The molecule has 2 atom stereocenters. The molecule has 2 N–H and O–H groups in total. The Hall–Kier alpha value is -2.09. The molecule has 1 unspecified atom stereocenters. The van der Waals surface area contributed by atoms with E-state index < -0.39 is 17.8 Å². The van der Waals surface area contributed by atoms with Crippen LogP contribution in [-0.4, -0.2) is 29.4 Å². The quantitative estimate of drug-likeness (QED) is 0.890. The molecule has 0 fully saturated rings. The van der Waals surface area contributed by atoms with Crippen LogP contribution in [0.1, 0.15) is 31.4 Å². The summed E-state index contributed by atoms with van der Waals surface area (Å²) in [7, 11) is 0. The zero-order valence-electron chi connectivity index (χ0n) is 12.6. The smallest absolute Gasteiger partial charge is 0.419 e. The second kappa shape index (κ2) is 6.57. The van der Waals surface area contributed by atoms with Crippen LogP contribution in [0.5, 0.6) is 5.75 Å². The average Bonchev–Trinajstić information content (AvgIpc) is 2.47. The summed E-state index contributed by atoms with van der Waals surface area (Å²) in [6.45, 7) is 2.85. The molecule has 5 nitrogen and oxygen atoms in total. The van der Waals surface area contributed by atoms with Crippen LogP contribution in [0.3, 0.4) is 0 Å². The standard InChI is InChI=1S/C15H17F3N2O3/c1-8-5-12(19-20-14(8)22)10-3-4-13(23-7-9(2)21)11(6-10)15(16,17)18/h3-4,6,8-9,21H,5,7H2,1-2H3,(H,20,22)/t8-,9?/m0/s1. The van der Waals surface area contributed by atoms with Crippen molar-refractivity contribution < 1.29 is 27.8 Å². The number of ether oxygens (including phenoxy) is 1. The van der Waals surface area contributed by atoms with Gasteiger partial charge in [-0.05, 0) is 30.7 Å². The van der Waals surface area contributed by atoms with E-state index in [0.29, 0.717) is 5.71 Å². The largest absolute Gasteiger partial charge is 0.490 e. The zero-order chi connectivity index (χ0) is 17.2. The number of carbonyl (C=O) groups excluding carboxylic acids is 1. The molecule has 0 aromatic heterocycles. The van der Waals surface area contributed by atoms with Crippen LogP contribution in [0, 0.1) is 5.92 Å². The van der Waals surface area contributed by atoms with Gasteiger partial charge in [0, 0.05) is 12.3 Å². The summed E-state index contributed by atoms with van der Waals surface area (Å²) in [6.07, 6.45) is -5.22. The first kappa shape index (κ1) is 17.3. The molecule has 2 rings (SSSR count). The predicted molar refractivity (Wildman–Crippen MR) is 77.1 cm³/mol. The van der Waals surface area contributed by atoms with E-state index in [4.69, 9.17) is 9.84 Å². The number of aliphatic hydroxyl groups excluding tert-OH is 1. The lowest BCUT2D eigenvalue weighted by molar-refractivity contribution is -0.139. The topological polar surface area (TPSA) is 70.9 Å². The highest BCUT2D eigenvalue weighted by atomic mass is 19.4. The molecular formula is C15H17F3N2O3. The summed E-state index contributed by atoms with van der Waals surface area (Å²) in [5.74, 6) is -0.972. The van der Waals surface area contributed by atoms with Gasteiger partial charge in [-0.1, -0.05) is 6.92 Å². The number of hydrazone groups is 1. The van der Waals surface area contributed by atoms with Gasteiger partial charge in [0.25, 0.3) is 0 Å². The maximum Gasteiger partial charge on any atom is 0.419 e. The first-order valence-corrected chi connectivity index (χ1v) is 7.07. The van der Waals surface area contributed by atoms with Crippen LogP contribution in [0.4, 0.5) is 13.2 Å². The minimum absolute atomic E-state index is 0.240. The number of benzene rings is 1. The van der Waals surface area contributed by atoms with E-state index in [-0.39, 0.29) is 36.2 Å². The number of nitrogens with one attached hydrogen (secondary N) is 1. The second-order valence-electron chi connectivity index (χ2n) is 5.51. The normalized spacial score (nSPS) is 19.8. The third kappa shape index (κ3) is 4.22. The maximum absolute atomic E-state index is 13.2. The molecule has 0 spiro atoms. The fourth-order valence-corrected chi connectivity index (χ4v) is 2.11. The van der Waals surface area contributed by atoms with Crippen LogP contribution < -0.4 is 10.2 Å². The zero-order valence-corrected chi connectivity index (χ0v) is 12.6. The van der Waals surface area contributed by atoms with E-state index in [9.17, 15) is 18.0 Å². The van der Waals surface area contributed by atoms with Crippen LogP contribution in [0.15, 0.2) is 23.3 Å². The lowest BCUT2D eigenvalue weighted by atomic mass is 9.96. The minimum atomic E-state index is -4.60. The molecule has 0 radical (unpaired) electrons. The van der Waals surface area contributed by atoms with Crippen LogP contribution in [0.2, 0.25) is 0 Å². The molecule has 0 aliphatic carbocycles.